The average Bonchev–Trinajstić information content (AvgIpc) is 3.07. The molecule has 1 aromatic rings. The summed E-state index contributed by atoms with van der Waals surface area (Å²) in [5, 5.41) is 3.54. The van der Waals surface area contributed by atoms with Crippen molar-refractivity contribution >= 4 is 5.78 Å². The van der Waals surface area contributed by atoms with Crippen LogP contribution in [0.25, 0.3) is 0 Å². The number of carbonyl (C=O) groups is 1. The Kier molecular flexibility index (Phi) is 5.21. The molecule has 0 amide bonds. The van der Waals surface area contributed by atoms with Gasteiger partial charge < -0.3 is 10.2 Å². The molecule has 120 valence electrons. The van der Waals surface area contributed by atoms with E-state index in [1.807, 2.05) is 0 Å². The molecule has 3 rings (SSSR count). The summed E-state index contributed by atoms with van der Waals surface area (Å²) >= 11 is 0. The van der Waals surface area contributed by atoms with Crippen LogP contribution < -0.4 is 5.32 Å². The van der Waals surface area contributed by atoms with E-state index in [4.69, 9.17) is 0 Å². The fraction of sp³-hybridized carbons (Fsp3) is 0.611. The first kappa shape index (κ1) is 15.6. The maximum absolute atomic E-state index is 12.9. The smallest absolute Gasteiger partial charge is 0.166 e. The summed E-state index contributed by atoms with van der Waals surface area (Å²) in [5.74, 6) is -0.00434. The number of nitrogens with zero attached hydrogens (tertiary/aromatic N) is 1. The molecule has 0 aliphatic carbocycles. The normalized spacial score (nSPS) is 23.8. The van der Waals surface area contributed by atoms with Crippen LogP contribution in [0, 0.1) is 11.7 Å². The van der Waals surface area contributed by atoms with Crippen LogP contribution in [0.3, 0.4) is 0 Å². The Morgan fingerprint density at radius 3 is 2.55 bits per heavy atom. The van der Waals surface area contributed by atoms with E-state index in [1.165, 1.54) is 37.9 Å². The van der Waals surface area contributed by atoms with Crippen molar-refractivity contribution < 1.29 is 9.18 Å². The van der Waals surface area contributed by atoms with Crippen LogP contribution in [0.1, 0.15) is 42.5 Å². The molecule has 4 heteroatoms. The number of likely N-dealkylation sites (tertiary alicyclic amines) is 1. The standard InChI is InChI=1S/C18H25FN2O/c19-16-5-3-14(4-6-16)18(22)15-7-11-21(12-8-15)13-9-17-2-1-10-20-17/h3-6,15,17,20H,1-2,7-13H2/t17-/m0/s1. The van der Waals surface area contributed by atoms with Crippen LogP contribution in [0.15, 0.2) is 24.3 Å². The quantitative estimate of drug-likeness (QED) is 0.849. The SMILES string of the molecule is O=C(c1ccc(F)cc1)C1CCN(CC[C@@H]2CCCN2)CC1. The van der Waals surface area contributed by atoms with Gasteiger partial charge in [-0.2, -0.15) is 0 Å². The predicted octanol–water partition coefficient (Wildman–Crippen LogP) is 2.86. The van der Waals surface area contributed by atoms with Crippen molar-refractivity contribution in [3.63, 3.8) is 0 Å². The van der Waals surface area contributed by atoms with Gasteiger partial charge in [-0.1, -0.05) is 0 Å². The van der Waals surface area contributed by atoms with Crippen molar-refractivity contribution in [1.82, 2.24) is 10.2 Å². The molecule has 2 saturated heterocycles. The molecule has 2 aliphatic heterocycles. The number of Topliss-reactive ketones (excluding diaryl/α,β-unsaturated/α-hetero) is 1. The summed E-state index contributed by atoms with van der Waals surface area (Å²) in [5.41, 5.74) is 0.648. The van der Waals surface area contributed by atoms with Crippen LogP contribution in [0.5, 0.6) is 0 Å². The summed E-state index contributed by atoms with van der Waals surface area (Å²) < 4.78 is 12.9. The van der Waals surface area contributed by atoms with E-state index in [1.54, 1.807) is 12.1 Å². The van der Waals surface area contributed by atoms with Gasteiger partial charge in [-0.15, -0.1) is 0 Å². The zero-order valence-electron chi connectivity index (χ0n) is 13.1. The molecule has 1 N–H and O–H groups in total. The molecule has 2 fully saturated rings. The summed E-state index contributed by atoms with van der Waals surface area (Å²) in [7, 11) is 0. The summed E-state index contributed by atoms with van der Waals surface area (Å²) in [6.45, 7) is 4.31. The second-order valence-corrected chi connectivity index (χ2v) is 6.57. The number of rotatable bonds is 5. The summed E-state index contributed by atoms with van der Waals surface area (Å²) in [4.78, 5) is 14.9. The van der Waals surface area contributed by atoms with Gasteiger partial charge in [0.15, 0.2) is 5.78 Å². The third-order valence-electron chi connectivity index (χ3n) is 5.04. The second-order valence-electron chi connectivity index (χ2n) is 6.57. The van der Waals surface area contributed by atoms with Crippen molar-refractivity contribution in [2.75, 3.05) is 26.2 Å². The lowest BCUT2D eigenvalue weighted by Crippen LogP contribution is -2.38. The molecule has 0 radical (unpaired) electrons. The van der Waals surface area contributed by atoms with Crippen LogP contribution in [-0.2, 0) is 0 Å². The molecule has 2 aliphatic rings. The topological polar surface area (TPSA) is 32.3 Å². The maximum atomic E-state index is 12.9. The molecule has 0 spiro atoms. The van der Waals surface area contributed by atoms with E-state index < -0.39 is 0 Å². The number of hydrogen-bond acceptors (Lipinski definition) is 3. The second kappa shape index (κ2) is 7.34. The highest BCUT2D eigenvalue weighted by Gasteiger charge is 2.26. The van der Waals surface area contributed by atoms with E-state index in [0.717, 1.165) is 32.5 Å². The number of benzene rings is 1. The Bertz CT molecular complexity index is 488. The highest BCUT2D eigenvalue weighted by atomic mass is 19.1. The van der Waals surface area contributed by atoms with Crippen molar-refractivity contribution in [2.45, 2.75) is 38.1 Å². The van der Waals surface area contributed by atoms with Crippen LogP contribution in [0.4, 0.5) is 4.39 Å². The molecule has 2 heterocycles. The molecular weight excluding hydrogens is 279 g/mol. The number of hydrogen-bond donors (Lipinski definition) is 1. The lowest BCUT2D eigenvalue weighted by Gasteiger charge is -2.31. The largest absolute Gasteiger partial charge is 0.314 e. The monoisotopic (exact) mass is 304 g/mol. The minimum absolute atomic E-state index is 0.103. The van der Waals surface area contributed by atoms with Crippen LogP contribution in [-0.4, -0.2) is 42.9 Å². The minimum Gasteiger partial charge on any atom is -0.314 e. The van der Waals surface area contributed by atoms with Crippen LogP contribution in [0.2, 0.25) is 0 Å². The molecule has 22 heavy (non-hydrogen) atoms. The number of ketones is 1. The van der Waals surface area contributed by atoms with Crippen molar-refractivity contribution in [3.8, 4) is 0 Å². The maximum Gasteiger partial charge on any atom is 0.166 e. The van der Waals surface area contributed by atoms with Gasteiger partial charge in [0.2, 0.25) is 0 Å². The zero-order chi connectivity index (χ0) is 15.4. The van der Waals surface area contributed by atoms with Gasteiger partial charge in [0, 0.05) is 17.5 Å². The Balaban J connectivity index is 1.44. The van der Waals surface area contributed by atoms with E-state index in [0.29, 0.717) is 11.6 Å². The van der Waals surface area contributed by atoms with Gasteiger partial charge in [0.25, 0.3) is 0 Å². The van der Waals surface area contributed by atoms with E-state index >= 15 is 0 Å². The molecule has 0 saturated carbocycles. The molecule has 1 aromatic carbocycles. The number of halogens is 1. The third-order valence-corrected chi connectivity index (χ3v) is 5.04. The van der Waals surface area contributed by atoms with Gasteiger partial charge in [0.05, 0.1) is 0 Å². The van der Waals surface area contributed by atoms with E-state index in [-0.39, 0.29) is 17.5 Å². The highest BCUT2D eigenvalue weighted by Crippen LogP contribution is 2.22. The Morgan fingerprint density at radius 1 is 1.18 bits per heavy atom. The first-order chi connectivity index (χ1) is 10.7. The Morgan fingerprint density at radius 2 is 1.91 bits per heavy atom. The average molecular weight is 304 g/mol. The predicted molar refractivity (Wildman–Crippen MR) is 85.5 cm³/mol. The summed E-state index contributed by atoms with van der Waals surface area (Å²) in [6.07, 6.45) is 5.68. The van der Waals surface area contributed by atoms with Crippen LogP contribution >= 0.6 is 0 Å². The Hall–Kier alpha value is -1.26. The molecule has 3 nitrogen and oxygen atoms in total. The van der Waals surface area contributed by atoms with Crippen molar-refractivity contribution in [3.05, 3.63) is 35.6 Å². The highest BCUT2D eigenvalue weighted by molar-refractivity contribution is 5.97. The van der Waals surface area contributed by atoms with Gasteiger partial charge >= 0.3 is 0 Å². The fourth-order valence-corrected chi connectivity index (χ4v) is 3.61. The van der Waals surface area contributed by atoms with Crippen molar-refractivity contribution in [2.24, 2.45) is 5.92 Å². The lowest BCUT2D eigenvalue weighted by atomic mass is 9.89. The van der Waals surface area contributed by atoms with Crippen molar-refractivity contribution in [1.29, 1.82) is 0 Å². The summed E-state index contributed by atoms with van der Waals surface area (Å²) in [6, 6.07) is 6.65. The van der Waals surface area contributed by atoms with Gasteiger partial charge in [0.1, 0.15) is 5.82 Å². The van der Waals surface area contributed by atoms with Gasteiger partial charge in [-0.3, -0.25) is 4.79 Å². The zero-order valence-corrected chi connectivity index (χ0v) is 13.1. The Labute approximate surface area is 131 Å². The minimum atomic E-state index is -0.285. The third kappa shape index (κ3) is 3.93. The van der Waals surface area contributed by atoms with E-state index in [2.05, 4.69) is 10.2 Å². The molecular formula is C18H25FN2O. The first-order valence-corrected chi connectivity index (χ1v) is 8.48. The first-order valence-electron chi connectivity index (χ1n) is 8.48. The molecule has 0 aromatic heterocycles. The molecule has 0 unspecified atom stereocenters. The van der Waals surface area contributed by atoms with E-state index in [9.17, 15) is 9.18 Å². The molecule has 1 atom stereocenters. The number of piperidine rings is 1. The molecule has 0 bridgehead atoms. The van der Waals surface area contributed by atoms with Gasteiger partial charge in [-0.25, -0.2) is 4.39 Å². The fourth-order valence-electron chi connectivity index (χ4n) is 3.61. The number of carbonyl (C=O) groups excluding carboxylic acids is 1. The number of nitrogens with one attached hydrogen (secondary N) is 1. The lowest BCUT2D eigenvalue weighted by molar-refractivity contribution is 0.0837. The van der Waals surface area contributed by atoms with Gasteiger partial charge in [-0.05, 0) is 82.5 Å².